The van der Waals surface area contributed by atoms with Crippen LogP contribution in [0, 0.1) is 11.8 Å². The fraction of sp³-hybridized carbons (Fsp3) is 0.516. The minimum absolute atomic E-state index is 0.0727. The lowest BCUT2D eigenvalue weighted by Crippen LogP contribution is -2.37. The molecule has 44 nitrogen and oxygen atoms in total. The number of imidazole rings is 5. The maximum Gasteiger partial charge on any atom is 0.421 e. The summed E-state index contributed by atoms with van der Waals surface area (Å²) in [6.07, 6.45) is 21.0. The van der Waals surface area contributed by atoms with Crippen molar-refractivity contribution in [2.24, 2.45) is 11.8 Å². The molecule has 28 rings (SSSR count). The van der Waals surface area contributed by atoms with Gasteiger partial charge in [-0.3, -0.25) is 0 Å². The van der Waals surface area contributed by atoms with E-state index in [2.05, 4.69) is 145 Å². The molecular weight excluding hydrogens is 1840 g/mol. The van der Waals surface area contributed by atoms with E-state index < -0.39 is 47.2 Å². The summed E-state index contributed by atoms with van der Waals surface area (Å²) in [6, 6.07) is 1.52. The monoisotopic (exact) mass is 1940 g/mol. The molecule has 0 aromatic carbocycles. The molecule has 49 heteroatoms. The van der Waals surface area contributed by atoms with E-state index in [0.717, 1.165) is 143 Å². The van der Waals surface area contributed by atoms with Gasteiger partial charge in [0.25, 0.3) is 5.92 Å². The predicted octanol–water partition coefficient (Wildman–Crippen LogP) is 10.9. The van der Waals surface area contributed by atoms with Crippen LogP contribution in [-0.4, -0.2) is 244 Å². The van der Waals surface area contributed by atoms with Gasteiger partial charge in [-0.15, -0.1) is 0 Å². The van der Waals surface area contributed by atoms with Crippen LogP contribution in [0.4, 0.5) is 75.0 Å². The van der Waals surface area contributed by atoms with Crippen LogP contribution in [0.5, 0.6) is 0 Å². The van der Waals surface area contributed by atoms with Crippen molar-refractivity contribution in [1.82, 2.24) is 147 Å². The van der Waals surface area contributed by atoms with Gasteiger partial charge in [0.1, 0.15) is 57.0 Å². The molecule has 15 aromatic rings. The molecule has 738 valence electrons. The first-order valence-corrected chi connectivity index (χ1v) is 48.0. The number of alkyl halides is 5. The first-order valence-electron chi connectivity index (χ1n) is 48.0. The molecule has 2 unspecified atom stereocenters. The highest BCUT2D eigenvalue weighted by atomic mass is 19.4. The first-order chi connectivity index (χ1) is 68.0. The molecule has 0 amide bonds. The van der Waals surface area contributed by atoms with Gasteiger partial charge in [-0.2, -0.15) is 13.2 Å². The van der Waals surface area contributed by atoms with E-state index in [-0.39, 0.29) is 67.7 Å². The Morgan fingerprint density at radius 1 is 0.401 bits per heavy atom. The topological polar surface area (TPSA) is 536 Å². The van der Waals surface area contributed by atoms with Crippen molar-refractivity contribution >= 4 is 109 Å². The van der Waals surface area contributed by atoms with Crippen molar-refractivity contribution in [2.75, 3.05) is 115 Å². The molecule has 15 aromatic heterocycles. The Hall–Kier alpha value is -14.2. The number of hydrogen-bond acceptors (Lipinski definition) is 39. The van der Waals surface area contributed by atoms with Crippen molar-refractivity contribution in [3.63, 3.8) is 0 Å². The Morgan fingerprint density at radius 3 is 1.23 bits per heavy atom. The number of nitrogens with zero attached hydrogens (tertiary/aromatic N) is 34. The highest BCUT2D eigenvalue weighted by Crippen LogP contribution is 2.51. The van der Waals surface area contributed by atoms with E-state index in [1.54, 1.807) is 42.1 Å². The molecule has 4 saturated carbocycles. The predicted molar refractivity (Wildman–Crippen MR) is 511 cm³/mol. The number of piperidine rings is 1. The summed E-state index contributed by atoms with van der Waals surface area (Å²) in [5.74, 6) is 8.43. The third-order valence-corrected chi connectivity index (χ3v) is 28.7. The van der Waals surface area contributed by atoms with Gasteiger partial charge in [-0.05, 0) is 138 Å². The van der Waals surface area contributed by atoms with Gasteiger partial charge in [0.15, 0.2) is 103 Å². The number of hydrogen-bond donors (Lipinski definition) is 5. The van der Waals surface area contributed by atoms with Crippen LogP contribution in [-0.2, 0) is 72.3 Å². The van der Waals surface area contributed by atoms with Gasteiger partial charge in [0.2, 0.25) is 35.8 Å². The number of anilines is 9. The molecule has 4 bridgehead atoms. The van der Waals surface area contributed by atoms with Gasteiger partial charge in [0, 0.05) is 145 Å². The van der Waals surface area contributed by atoms with Crippen LogP contribution >= 0.6 is 0 Å². The smallest absolute Gasteiger partial charge is 0.368 e. The molecule has 9 aliphatic heterocycles. The zero-order valence-electron chi connectivity index (χ0n) is 79.9. The Labute approximate surface area is 808 Å². The highest BCUT2D eigenvalue weighted by molar-refractivity contribution is 5.91. The fourth-order valence-corrected chi connectivity index (χ4v) is 20.9. The maximum atomic E-state index is 13.9. The number of fused-ring (bicyclic) bond motifs is 18. The number of rotatable bonds is 11. The molecule has 24 heterocycles. The van der Waals surface area contributed by atoms with Crippen molar-refractivity contribution in [3.05, 3.63) is 96.8 Å². The number of halogens is 5. The molecule has 0 spiro atoms. The molecule has 0 radical (unpaired) electrons. The van der Waals surface area contributed by atoms with E-state index in [0.29, 0.717) is 143 Å². The van der Waals surface area contributed by atoms with E-state index >= 15 is 0 Å². The summed E-state index contributed by atoms with van der Waals surface area (Å²) in [7, 11) is 2.09. The lowest BCUT2D eigenvalue weighted by Gasteiger charge is -2.35. The van der Waals surface area contributed by atoms with Crippen LogP contribution in [0.3, 0.4) is 0 Å². The van der Waals surface area contributed by atoms with Crippen LogP contribution in [0.25, 0.3) is 113 Å². The second-order valence-corrected chi connectivity index (χ2v) is 40.3. The summed E-state index contributed by atoms with van der Waals surface area (Å²) in [6.45, 7) is 24.5. The summed E-state index contributed by atoms with van der Waals surface area (Å²) < 4.78 is 107. The minimum atomic E-state index is -4.56. The maximum absolute atomic E-state index is 13.9. The van der Waals surface area contributed by atoms with E-state index in [1.807, 2.05) is 32.3 Å². The van der Waals surface area contributed by atoms with Crippen molar-refractivity contribution in [3.8, 4) is 56.9 Å². The Balaban J connectivity index is 0.0000000987. The Kier molecular flexibility index (Phi) is 22.1. The molecule has 142 heavy (non-hydrogen) atoms. The summed E-state index contributed by atoms with van der Waals surface area (Å²) in [5.41, 5.74) is 37.4. The summed E-state index contributed by atoms with van der Waals surface area (Å²) in [5, 5.41) is 0. The highest BCUT2D eigenvalue weighted by Gasteiger charge is 2.51. The fourth-order valence-electron chi connectivity index (χ4n) is 20.9. The average Bonchev–Trinajstić information content (AvgIpc) is 1.55. The van der Waals surface area contributed by atoms with E-state index in [9.17, 15) is 22.0 Å². The van der Waals surface area contributed by atoms with Crippen molar-refractivity contribution in [2.45, 2.75) is 230 Å². The molecular formula is C93H106F5N39O5. The zero-order chi connectivity index (χ0) is 98.3. The van der Waals surface area contributed by atoms with E-state index in [4.69, 9.17) is 102 Å². The van der Waals surface area contributed by atoms with Gasteiger partial charge in [-0.1, -0.05) is 0 Å². The summed E-state index contributed by atoms with van der Waals surface area (Å²) >= 11 is 0. The van der Waals surface area contributed by atoms with Crippen molar-refractivity contribution < 1.29 is 45.6 Å². The third-order valence-electron chi connectivity index (χ3n) is 28.7. The van der Waals surface area contributed by atoms with E-state index in [1.165, 1.54) is 67.9 Å². The van der Waals surface area contributed by atoms with Gasteiger partial charge >= 0.3 is 6.18 Å². The van der Waals surface area contributed by atoms with Crippen LogP contribution in [0.15, 0.2) is 62.0 Å². The normalized spacial score (nSPS) is 22.3. The second kappa shape index (κ2) is 34.3. The first kappa shape index (κ1) is 91.6. The quantitative estimate of drug-likeness (QED) is 0.0751. The second-order valence-electron chi connectivity index (χ2n) is 40.3. The SMILES string of the molecule is CC1(C)OCCn2c1nc1c(N3CC4CCC3C4)nc(-c3cnc(N)nc3)nc12.CC1(C)OCCn2c1nc1c(N3CCC(F)(F)C3)nc(-c3cnc(N)nc3)nc12.CN(c1nc(-c2cnc(N)nc2)nc2c1nc1n2CCOC1(C)C)C1CCC1.C[C@@H]1COC(C)(C)c2nc3c(C4CC4)nc(-c4cnc(N)nc4)nc3n21.Nc1ncc(-c2nc(N3CC4CC3C4)c3nc4n(c3n2)CCO[C@H]4C(F)(F)F)cn1. The number of ether oxygens (including phenoxy) is 5. The lowest BCUT2D eigenvalue weighted by molar-refractivity contribution is -0.233. The molecule has 4 aliphatic carbocycles. The van der Waals surface area contributed by atoms with Crippen LogP contribution in [0.1, 0.15) is 186 Å². The third kappa shape index (κ3) is 16.6. The Morgan fingerprint density at radius 2 is 0.803 bits per heavy atom. The molecule has 4 atom stereocenters. The standard InChI is InChI=1S/C20H24N8O.C19H24N8O.C18H17F3N8O.C18H20F2N8O.C18H21N7O/c1-20(2)18-24-14-16(27(18)5-6-29-20)25-15(12-8-22-19(21)23-9-12)26-17(14)28-10-11-3-4-13(28)7-11;1-19(2)17-23-13-15(26(3)12-5-4-6-12)24-14(11-9-21-18(20)22-10-11)25-16(13)27(17)7-8-28-19;19-18(20,21)12-16-25-11-14(28(16)1-2-30-12)26-13(9-5-23-17(22)24-6-9)27-15(11)29-7-8-3-10(29)4-8;1-17(2)15-24-11-13(27-4-3-18(19,20)9-27)25-12(10-7-22-16(21)23-8-10)26-14(11)28(15)5-6-29-17;1-9-8-26-18(2,3)16-23-13-12(10-4-5-10)22-14(24-15(13)25(9)16)11-6-20-17(19)21-7-11/h8-9,11,13H,3-7,10H2,1-2H3,(H2,21,22,23);9-10,12H,4-8H2,1-3H3,(H2,20,21,22);5-6,8,10,12H,1-4,7H2,(H2,22,23,24);7-8H,3-6,9H2,1-2H3,(H2,21,22,23);6-7,9-10H,4-5,8H2,1-3H3,(H2,19,20,21)/t;;8?,10?,12-;;9-/m..1.1/s1. The molecule has 10 N–H and O–H groups in total. The summed E-state index contributed by atoms with van der Waals surface area (Å²) in [4.78, 5) is 121. The molecule has 8 fully saturated rings. The minimum Gasteiger partial charge on any atom is -0.368 e. The van der Waals surface area contributed by atoms with Gasteiger partial charge in [-0.25, -0.2) is 133 Å². The largest absolute Gasteiger partial charge is 0.421 e. The average molecular weight is 1950 g/mol. The van der Waals surface area contributed by atoms with Crippen molar-refractivity contribution in [1.29, 1.82) is 0 Å². The number of nitrogen functional groups attached to an aromatic ring is 5. The lowest BCUT2D eigenvalue weighted by atomic mass is 9.86. The van der Waals surface area contributed by atoms with Gasteiger partial charge in [0.05, 0.1) is 79.1 Å². The van der Waals surface area contributed by atoms with Gasteiger partial charge < -0.3 is 94.8 Å². The molecule has 13 aliphatic rings. The number of nitrogens with two attached hydrogens (primary N) is 5. The molecule has 4 saturated heterocycles. The Bertz CT molecular complexity index is 7410. The number of aromatic nitrogens is 30. The van der Waals surface area contributed by atoms with Crippen LogP contribution in [0.2, 0.25) is 0 Å². The van der Waals surface area contributed by atoms with Crippen LogP contribution < -0.4 is 48.3 Å². The zero-order valence-corrected chi connectivity index (χ0v) is 79.9.